The molecule has 1 N–H and O–H groups in total. The number of nitrogens with one attached hydrogen (secondary N) is 1. The van der Waals surface area contributed by atoms with Crippen molar-refractivity contribution in [2.75, 3.05) is 5.75 Å². The zero-order valence-corrected chi connectivity index (χ0v) is 15.7. The minimum atomic E-state index is -0.0509. The summed E-state index contributed by atoms with van der Waals surface area (Å²) in [5, 5.41) is 6.92. The van der Waals surface area contributed by atoms with Crippen molar-refractivity contribution in [3.8, 4) is 17.1 Å². The summed E-state index contributed by atoms with van der Waals surface area (Å²) < 4.78 is 11.2. The molecule has 3 heterocycles. The highest BCUT2D eigenvalue weighted by molar-refractivity contribution is 8.00. The summed E-state index contributed by atoms with van der Waals surface area (Å²) in [6, 6.07) is 11.6. The summed E-state index contributed by atoms with van der Waals surface area (Å²) in [5.41, 5.74) is 2.83. The van der Waals surface area contributed by atoms with Gasteiger partial charge in [0.15, 0.2) is 5.76 Å². The molecule has 6 nitrogen and oxygen atoms in total. The Labute approximate surface area is 161 Å². The number of thioether (sulfide) groups is 1. The van der Waals surface area contributed by atoms with Crippen LogP contribution in [0.1, 0.15) is 18.2 Å². The molecule has 2 aromatic heterocycles. The second-order valence-corrected chi connectivity index (χ2v) is 7.43. The fourth-order valence-electron chi connectivity index (χ4n) is 2.93. The van der Waals surface area contributed by atoms with Gasteiger partial charge in [0.05, 0.1) is 12.3 Å². The maximum Gasteiger partial charge on any atom is 0.230 e. The number of fused-ring (bicyclic) bond motifs is 1. The third-order valence-corrected chi connectivity index (χ3v) is 5.24. The molecule has 0 aliphatic carbocycles. The molecule has 1 aliphatic heterocycles. The predicted molar refractivity (Wildman–Crippen MR) is 103 cm³/mol. The molecule has 0 radical (unpaired) electrons. The SMILES string of the molecule is CC1Cc2cc(-c3cc(CNC(=O)CSc4ccncc4)no3)ccc2O1. The Kier molecular flexibility index (Phi) is 5.11. The highest BCUT2D eigenvalue weighted by atomic mass is 32.2. The Balaban J connectivity index is 1.32. The van der Waals surface area contributed by atoms with Gasteiger partial charge >= 0.3 is 0 Å². The van der Waals surface area contributed by atoms with Crippen LogP contribution in [0, 0.1) is 0 Å². The minimum Gasteiger partial charge on any atom is -0.490 e. The van der Waals surface area contributed by atoms with Crippen LogP contribution >= 0.6 is 11.8 Å². The van der Waals surface area contributed by atoms with Crippen LogP contribution in [0.15, 0.2) is 58.2 Å². The number of ether oxygens (including phenoxy) is 1. The van der Waals surface area contributed by atoms with E-state index in [0.717, 1.165) is 22.6 Å². The lowest BCUT2D eigenvalue weighted by molar-refractivity contribution is -0.118. The molecule has 138 valence electrons. The van der Waals surface area contributed by atoms with Gasteiger partial charge in [0.2, 0.25) is 5.91 Å². The number of benzene rings is 1. The summed E-state index contributed by atoms with van der Waals surface area (Å²) in [7, 11) is 0. The lowest BCUT2D eigenvalue weighted by Gasteiger charge is -2.03. The normalized spacial score (nSPS) is 15.2. The van der Waals surface area contributed by atoms with E-state index in [2.05, 4.69) is 28.4 Å². The Morgan fingerprint density at radius 3 is 2.96 bits per heavy atom. The van der Waals surface area contributed by atoms with Crippen molar-refractivity contribution in [1.29, 1.82) is 0 Å². The zero-order chi connectivity index (χ0) is 18.6. The van der Waals surface area contributed by atoms with E-state index in [1.165, 1.54) is 17.3 Å². The molecule has 1 aliphatic rings. The summed E-state index contributed by atoms with van der Waals surface area (Å²) >= 11 is 1.47. The van der Waals surface area contributed by atoms with Crippen LogP contribution in [0.25, 0.3) is 11.3 Å². The van der Waals surface area contributed by atoms with Crippen LogP contribution in [0.5, 0.6) is 5.75 Å². The first-order valence-electron chi connectivity index (χ1n) is 8.72. The fourth-order valence-corrected chi connectivity index (χ4v) is 3.64. The predicted octanol–water partition coefficient (Wildman–Crippen LogP) is 3.47. The molecular formula is C20H19N3O3S. The number of hydrogen-bond donors (Lipinski definition) is 1. The van der Waals surface area contributed by atoms with E-state index in [4.69, 9.17) is 9.26 Å². The van der Waals surface area contributed by atoms with Crippen LogP contribution in [-0.4, -0.2) is 27.9 Å². The lowest BCUT2D eigenvalue weighted by atomic mass is 10.1. The maximum absolute atomic E-state index is 12.0. The number of amides is 1. The summed E-state index contributed by atoms with van der Waals surface area (Å²) in [5.74, 6) is 1.92. The largest absolute Gasteiger partial charge is 0.490 e. The van der Waals surface area contributed by atoms with Crippen molar-refractivity contribution in [3.63, 3.8) is 0 Å². The molecule has 0 saturated carbocycles. The van der Waals surface area contributed by atoms with Crippen LogP contribution in [0.2, 0.25) is 0 Å². The molecular weight excluding hydrogens is 362 g/mol. The van der Waals surface area contributed by atoms with Gasteiger partial charge in [-0.3, -0.25) is 9.78 Å². The molecule has 0 bridgehead atoms. The quantitative estimate of drug-likeness (QED) is 0.659. The van der Waals surface area contributed by atoms with E-state index in [-0.39, 0.29) is 12.0 Å². The summed E-state index contributed by atoms with van der Waals surface area (Å²) in [6.45, 7) is 2.40. The first kappa shape index (κ1) is 17.6. The number of carbonyl (C=O) groups excluding carboxylic acids is 1. The van der Waals surface area contributed by atoms with Gasteiger partial charge in [0.1, 0.15) is 17.5 Å². The Bertz CT molecular complexity index is 943. The topological polar surface area (TPSA) is 77.3 Å². The number of aromatic nitrogens is 2. The van der Waals surface area contributed by atoms with Crippen molar-refractivity contribution in [1.82, 2.24) is 15.5 Å². The van der Waals surface area contributed by atoms with Gasteiger partial charge in [-0.2, -0.15) is 0 Å². The molecule has 27 heavy (non-hydrogen) atoms. The smallest absolute Gasteiger partial charge is 0.230 e. The van der Waals surface area contributed by atoms with E-state index in [9.17, 15) is 4.79 Å². The summed E-state index contributed by atoms with van der Waals surface area (Å²) in [6.07, 6.45) is 4.53. The third-order valence-electron chi connectivity index (χ3n) is 4.23. The second kappa shape index (κ2) is 7.84. The number of nitrogens with zero attached hydrogens (tertiary/aromatic N) is 2. The molecule has 1 aromatic carbocycles. The van der Waals surface area contributed by atoms with Crippen molar-refractivity contribution in [3.05, 3.63) is 60.0 Å². The van der Waals surface area contributed by atoms with Gasteiger partial charge in [-0.05, 0) is 42.8 Å². The standard InChI is InChI=1S/C20H19N3O3S/c1-13-8-15-9-14(2-3-18(15)25-13)19-10-16(23-26-19)11-22-20(24)12-27-17-4-6-21-7-5-17/h2-7,9-10,13H,8,11-12H2,1H3,(H,22,24). The third kappa shape index (κ3) is 4.31. The second-order valence-electron chi connectivity index (χ2n) is 6.39. The van der Waals surface area contributed by atoms with Crippen LogP contribution in [0.4, 0.5) is 0 Å². The number of carbonyl (C=O) groups is 1. The maximum atomic E-state index is 12.0. The Hall–Kier alpha value is -2.80. The Morgan fingerprint density at radius 1 is 1.26 bits per heavy atom. The molecule has 1 unspecified atom stereocenters. The van der Waals surface area contributed by atoms with Gasteiger partial charge in [-0.25, -0.2) is 0 Å². The summed E-state index contributed by atoms with van der Waals surface area (Å²) in [4.78, 5) is 17.0. The van der Waals surface area contributed by atoms with Crippen LogP contribution in [-0.2, 0) is 17.8 Å². The number of rotatable bonds is 6. The van der Waals surface area contributed by atoms with Crippen LogP contribution < -0.4 is 10.1 Å². The molecule has 1 atom stereocenters. The first-order chi connectivity index (χ1) is 13.2. The molecule has 4 rings (SSSR count). The van der Waals surface area contributed by atoms with Gasteiger partial charge in [-0.15, -0.1) is 11.8 Å². The molecule has 0 fully saturated rings. The highest BCUT2D eigenvalue weighted by Gasteiger charge is 2.20. The van der Waals surface area contributed by atoms with Gasteiger partial charge in [-0.1, -0.05) is 5.16 Å². The molecule has 0 spiro atoms. The fraction of sp³-hybridized carbons (Fsp3) is 0.250. The van der Waals surface area contributed by atoms with Gasteiger partial charge in [0.25, 0.3) is 0 Å². The average molecular weight is 381 g/mol. The van der Waals surface area contributed by atoms with Gasteiger partial charge in [0, 0.05) is 35.3 Å². The van der Waals surface area contributed by atoms with Crippen molar-refractivity contribution < 1.29 is 14.1 Å². The van der Waals surface area contributed by atoms with Crippen LogP contribution in [0.3, 0.4) is 0 Å². The van der Waals surface area contributed by atoms with E-state index in [1.54, 1.807) is 12.4 Å². The molecule has 3 aromatic rings. The zero-order valence-electron chi connectivity index (χ0n) is 14.8. The lowest BCUT2D eigenvalue weighted by Crippen LogP contribution is -2.24. The monoisotopic (exact) mass is 381 g/mol. The highest BCUT2D eigenvalue weighted by Crippen LogP contribution is 2.33. The molecule has 1 amide bonds. The van der Waals surface area contributed by atoms with Crippen molar-refractivity contribution in [2.45, 2.75) is 30.9 Å². The van der Waals surface area contributed by atoms with Crippen molar-refractivity contribution >= 4 is 17.7 Å². The van der Waals surface area contributed by atoms with E-state index in [0.29, 0.717) is 23.8 Å². The van der Waals surface area contributed by atoms with Gasteiger partial charge < -0.3 is 14.6 Å². The average Bonchev–Trinajstić information content (AvgIpc) is 3.30. The minimum absolute atomic E-state index is 0.0509. The number of pyridine rings is 1. The van der Waals surface area contributed by atoms with E-state index in [1.807, 2.05) is 30.3 Å². The number of hydrogen-bond acceptors (Lipinski definition) is 6. The Morgan fingerprint density at radius 2 is 2.11 bits per heavy atom. The molecule has 0 saturated heterocycles. The van der Waals surface area contributed by atoms with Crippen molar-refractivity contribution in [2.24, 2.45) is 0 Å². The van der Waals surface area contributed by atoms with E-state index < -0.39 is 0 Å². The first-order valence-corrected chi connectivity index (χ1v) is 9.71. The molecule has 7 heteroatoms. The van der Waals surface area contributed by atoms with E-state index >= 15 is 0 Å².